The molecule has 0 fully saturated rings. The fourth-order valence-electron chi connectivity index (χ4n) is 1.82. The Balaban J connectivity index is 2.36. The first-order valence-electron chi connectivity index (χ1n) is 6.66. The molecule has 1 aromatic rings. The molecule has 0 atom stereocenters. The van der Waals surface area contributed by atoms with E-state index in [0.717, 1.165) is 30.6 Å². The average Bonchev–Trinajstić information content (AvgIpc) is 2.68. The van der Waals surface area contributed by atoms with Gasteiger partial charge in [-0.2, -0.15) is 0 Å². The lowest BCUT2D eigenvalue weighted by Gasteiger charge is -2.05. The summed E-state index contributed by atoms with van der Waals surface area (Å²) in [5, 5.41) is 0. The van der Waals surface area contributed by atoms with Crippen LogP contribution in [-0.4, -0.2) is 19.9 Å². The Hall–Kier alpha value is -0.660. The lowest BCUT2D eigenvalue weighted by atomic mass is 10.1. The lowest BCUT2D eigenvalue weighted by Crippen LogP contribution is -2.24. The van der Waals surface area contributed by atoms with E-state index < -0.39 is 10.0 Å². The van der Waals surface area contributed by atoms with Crippen molar-refractivity contribution >= 4 is 21.4 Å². The highest BCUT2D eigenvalue weighted by atomic mass is 32.2. The van der Waals surface area contributed by atoms with Crippen molar-refractivity contribution in [3.63, 3.8) is 0 Å². The number of H-pyrrole nitrogens is 1. The van der Waals surface area contributed by atoms with E-state index in [-0.39, 0.29) is 9.08 Å². The number of thiazole rings is 1. The summed E-state index contributed by atoms with van der Waals surface area (Å²) < 4.78 is 26.5. The van der Waals surface area contributed by atoms with Gasteiger partial charge >= 0.3 is 4.87 Å². The van der Waals surface area contributed by atoms with Crippen LogP contribution >= 0.6 is 11.3 Å². The molecule has 19 heavy (non-hydrogen) atoms. The van der Waals surface area contributed by atoms with E-state index in [4.69, 9.17) is 0 Å². The van der Waals surface area contributed by atoms with Gasteiger partial charge in [0.25, 0.3) is 10.0 Å². The fourth-order valence-corrected chi connectivity index (χ4v) is 4.24. The highest BCUT2D eigenvalue weighted by molar-refractivity contribution is 7.91. The van der Waals surface area contributed by atoms with Crippen LogP contribution in [0.4, 0.5) is 0 Å². The van der Waals surface area contributed by atoms with Crippen LogP contribution in [0.3, 0.4) is 0 Å². The maximum absolute atomic E-state index is 11.9. The third-order valence-electron chi connectivity index (χ3n) is 2.85. The smallest absolute Gasteiger partial charge is 0.305 e. The van der Waals surface area contributed by atoms with Gasteiger partial charge < -0.3 is 4.98 Å². The molecule has 0 saturated carbocycles. The molecule has 0 saturated heterocycles. The summed E-state index contributed by atoms with van der Waals surface area (Å²) in [5.74, 6) is 0. The van der Waals surface area contributed by atoms with Gasteiger partial charge in [0.2, 0.25) is 0 Å². The van der Waals surface area contributed by atoms with Gasteiger partial charge in [-0.05, 0) is 13.3 Å². The third-order valence-corrected chi connectivity index (χ3v) is 5.91. The Labute approximate surface area is 118 Å². The molecule has 2 N–H and O–H groups in total. The number of hydrogen-bond donors (Lipinski definition) is 2. The highest BCUT2D eigenvalue weighted by Crippen LogP contribution is 2.15. The molecule has 0 radical (unpaired) electrons. The van der Waals surface area contributed by atoms with E-state index in [1.54, 1.807) is 6.92 Å². The number of aryl methyl sites for hydroxylation is 1. The molecule has 1 rings (SSSR count). The summed E-state index contributed by atoms with van der Waals surface area (Å²) in [6.07, 6.45) is 6.67. The maximum atomic E-state index is 11.9. The molecular weight excluding hydrogens is 284 g/mol. The summed E-state index contributed by atoms with van der Waals surface area (Å²) in [6.45, 7) is 4.19. The van der Waals surface area contributed by atoms with Crippen molar-refractivity contribution in [2.45, 2.75) is 56.6 Å². The van der Waals surface area contributed by atoms with Crippen molar-refractivity contribution < 1.29 is 8.42 Å². The molecule has 7 heteroatoms. The van der Waals surface area contributed by atoms with E-state index >= 15 is 0 Å². The van der Waals surface area contributed by atoms with E-state index in [1.807, 2.05) is 0 Å². The third kappa shape index (κ3) is 5.46. The van der Waals surface area contributed by atoms with Crippen LogP contribution < -0.4 is 9.60 Å². The first kappa shape index (κ1) is 16.4. The molecule has 0 unspecified atom stereocenters. The Morgan fingerprint density at radius 1 is 1.16 bits per heavy atom. The number of aromatic amines is 1. The van der Waals surface area contributed by atoms with Gasteiger partial charge in [-0.3, -0.25) is 4.79 Å². The van der Waals surface area contributed by atoms with Gasteiger partial charge in [-0.1, -0.05) is 50.4 Å². The first-order valence-corrected chi connectivity index (χ1v) is 8.96. The van der Waals surface area contributed by atoms with E-state index in [1.165, 1.54) is 19.3 Å². The quantitative estimate of drug-likeness (QED) is 0.687. The topological polar surface area (TPSA) is 79.0 Å². The van der Waals surface area contributed by atoms with Gasteiger partial charge in [0.1, 0.15) is 0 Å². The Morgan fingerprint density at radius 3 is 2.37 bits per heavy atom. The standard InChI is InChI=1S/C12H22N2O3S2/c1-3-4-5-6-7-8-9-13-19(16,17)11-10(2)14-12(15)18-11/h13H,3-9H2,1-2H3,(H,14,15). The predicted molar refractivity (Wildman–Crippen MR) is 78.2 cm³/mol. The number of nitrogens with one attached hydrogen (secondary N) is 2. The van der Waals surface area contributed by atoms with E-state index in [9.17, 15) is 13.2 Å². The van der Waals surface area contributed by atoms with Crippen molar-refractivity contribution in [2.75, 3.05) is 6.54 Å². The molecule has 0 aromatic carbocycles. The summed E-state index contributed by atoms with van der Waals surface area (Å²) in [7, 11) is -3.53. The minimum atomic E-state index is -3.53. The van der Waals surface area contributed by atoms with Crippen LogP contribution in [0.5, 0.6) is 0 Å². The van der Waals surface area contributed by atoms with Crippen LogP contribution in [-0.2, 0) is 10.0 Å². The van der Waals surface area contributed by atoms with Crippen molar-refractivity contribution in [3.05, 3.63) is 15.4 Å². The van der Waals surface area contributed by atoms with Crippen molar-refractivity contribution in [1.82, 2.24) is 9.71 Å². The summed E-state index contributed by atoms with van der Waals surface area (Å²) in [6, 6.07) is 0. The van der Waals surface area contributed by atoms with Crippen molar-refractivity contribution in [3.8, 4) is 0 Å². The van der Waals surface area contributed by atoms with Gasteiger partial charge in [0.15, 0.2) is 4.21 Å². The number of aromatic nitrogens is 1. The average molecular weight is 306 g/mol. The number of sulfonamides is 1. The zero-order valence-electron chi connectivity index (χ0n) is 11.5. The van der Waals surface area contributed by atoms with Crippen LogP contribution in [0.25, 0.3) is 0 Å². The monoisotopic (exact) mass is 306 g/mol. The number of rotatable bonds is 9. The number of hydrogen-bond acceptors (Lipinski definition) is 4. The molecule has 0 aliphatic carbocycles. The molecule has 5 nitrogen and oxygen atoms in total. The van der Waals surface area contributed by atoms with Crippen molar-refractivity contribution in [2.24, 2.45) is 0 Å². The van der Waals surface area contributed by atoms with Gasteiger partial charge in [-0.15, -0.1) is 0 Å². The Kier molecular flexibility index (Phi) is 6.74. The van der Waals surface area contributed by atoms with Crippen LogP contribution in [0.2, 0.25) is 0 Å². The maximum Gasteiger partial charge on any atom is 0.305 e. The Morgan fingerprint density at radius 2 is 1.79 bits per heavy atom. The molecule has 1 heterocycles. The molecule has 0 aliphatic rings. The van der Waals surface area contributed by atoms with Crippen LogP contribution in [0, 0.1) is 6.92 Å². The minimum absolute atomic E-state index is 0.100. The second kappa shape index (κ2) is 7.81. The molecule has 1 aromatic heterocycles. The SMILES string of the molecule is CCCCCCCCNS(=O)(=O)c1sc(=O)[nH]c1C. The zero-order chi connectivity index (χ0) is 14.3. The first-order chi connectivity index (χ1) is 8.97. The second-order valence-electron chi connectivity index (χ2n) is 4.59. The molecule has 0 aliphatic heterocycles. The predicted octanol–water partition coefficient (Wildman–Crippen LogP) is 2.38. The van der Waals surface area contributed by atoms with E-state index in [2.05, 4.69) is 16.6 Å². The second-order valence-corrected chi connectivity index (χ2v) is 7.54. The highest BCUT2D eigenvalue weighted by Gasteiger charge is 2.19. The normalized spacial score (nSPS) is 11.9. The van der Waals surface area contributed by atoms with Gasteiger partial charge in [0, 0.05) is 12.2 Å². The zero-order valence-corrected chi connectivity index (χ0v) is 13.1. The van der Waals surface area contributed by atoms with Gasteiger partial charge in [-0.25, -0.2) is 13.1 Å². The van der Waals surface area contributed by atoms with Crippen molar-refractivity contribution in [1.29, 1.82) is 0 Å². The van der Waals surface area contributed by atoms with Crippen LogP contribution in [0.1, 0.15) is 51.1 Å². The Bertz CT molecular complexity index is 531. The largest absolute Gasteiger partial charge is 0.315 e. The summed E-state index contributed by atoms with van der Waals surface area (Å²) in [4.78, 5) is 13.3. The lowest BCUT2D eigenvalue weighted by molar-refractivity contribution is 0.568. The molecule has 110 valence electrons. The van der Waals surface area contributed by atoms with Crippen LogP contribution in [0.15, 0.2) is 9.00 Å². The summed E-state index contributed by atoms with van der Waals surface area (Å²) in [5.41, 5.74) is 0.408. The number of unbranched alkanes of at least 4 members (excludes halogenated alkanes) is 5. The minimum Gasteiger partial charge on any atom is -0.315 e. The van der Waals surface area contributed by atoms with Gasteiger partial charge in [0.05, 0.1) is 0 Å². The molecule has 0 amide bonds. The summed E-state index contributed by atoms with van der Waals surface area (Å²) >= 11 is 0.735. The van der Waals surface area contributed by atoms with E-state index in [0.29, 0.717) is 12.2 Å². The fraction of sp³-hybridized carbons (Fsp3) is 0.750. The molecular formula is C12H22N2O3S2. The molecule has 0 spiro atoms. The molecule has 0 bridgehead atoms.